The van der Waals surface area contributed by atoms with Gasteiger partial charge < -0.3 is 10.4 Å². The van der Waals surface area contributed by atoms with Gasteiger partial charge in [-0.2, -0.15) is 0 Å². The Hall–Kier alpha value is -1.00. The van der Waals surface area contributed by atoms with Crippen molar-refractivity contribution in [2.24, 2.45) is 5.92 Å². The van der Waals surface area contributed by atoms with Crippen LogP contribution in [0.15, 0.2) is 29.2 Å². The zero-order valence-electron chi connectivity index (χ0n) is 10.7. The number of hydrogen-bond donors (Lipinski definition) is 2. The van der Waals surface area contributed by atoms with Crippen molar-refractivity contribution in [1.82, 2.24) is 5.32 Å². The number of hydrogen-bond acceptors (Lipinski definition) is 3. The van der Waals surface area contributed by atoms with E-state index in [1.54, 1.807) is 11.8 Å². The van der Waals surface area contributed by atoms with Gasteiger partial charge in [0.1, 0.15) is 0 Å². The van der Waals surface area contributed by atoms with Crippen LogP contribution in [0.1, 0.15) is 19.4 Å². The van der Waals surface area contributed by atoms with Crippen LogP contribution in [0.4, 0.5) is 0 Å². The lowest BCUT2D eigenvalue weighted by molar-refractivity contribution is -0.121. The van der Waals surface area contributed by atoms with Crippen LogP contribution in [0, 0.1) is 5.92 Å². The summed E-state index contributed by atoms with van der Waals surface area (Å²) < 4.78 is 0. The molecule has 0 spiro atoms. The molecule has 2 rings (SSSR count). The summed E-state index contributed by atoms with van der Waals surface area (Å²) >= 11 is 1.63. The maximum Gasteiger partial charge on any atom is 0.234 e. The number of benzene rings is 1. The minimum Gasteiger partial charge on any atom is -0.396 e. The Morgan fingerprint density at radius 2 is 2.22 bits per heavy atom. The number of amides is 1. The van der Waals surface area contributed by atoms with Crippen LogP contribution in [0.5, 0.6) is 0 Å². The van der Waals surface area contributed by atoms with Crippen molar-refractivity contribution in [1.29, 1.82) is 0 Å². The molecule has 0 fully saturated rings. The first-order chi connectivity index (χ1) is 8.61. The summed E-state index contributed by atoms with van der Waals surface area (Å²) in [6, 6.07) is 8.16. The van der Waals surface area contributed by atoms with Crippen molar-refractivity contribution in [3.8, 4) is 0 Å². The molecule has 1 heterocycles. The Labute approximate surface area is 112 Å². The van der Waals surface area contributed by atoms with E-state index in [-0.39, 0.29) is 29.7 Å². The van der Waals surface area contributed by atoms with Gasteiger partial charge in [-0.25, -0.2) is 0 Å². The topological polar surface area (TPSA) is 49.3 Å². The molecule has 0 saturated heterocycles. The Balaban J connectivity index is 1.93. The molecular formula is C14H19NO2S. The lowest BCUT2D eigenvalue weighted by atomic mass is 10.0. The fraction of sp³-hybridized carbons (Fsp3) is 0.500. The van der Waals surface area contributed by atoms with Crippen molar-refractivity contribution < 1.29 is 9.90 Å². The molecule has 18 heavy (non-hydrogen) atoms. The highest BCUT2D eigenvalue weighted by Gasteiger charge is 2.29. The number of aliphatic hydroxyl groups excluding tert-OH is 1. The van der Waals surface area contributed by atoms with E-state index in [1.165, 1.54) is 10.5 Å². The minimum atomic E-state index is -0.0317. The molecule has 1 aliphatic heterocycles. The maximum absolute atomic E-state index is 12.1. The highest BCUT2D eigenvalue weighted by Crippen LogP contribution is 2.36. The van der Waals surface area contributed by atoms with E-state index in [0.29, 0.717) is 0 Å². The van der Waals surface area contributed by atoms with Crippen molar-refractivity contribution >= 4 is 17.7 Å². The molecule has 1 aliphatic rings. The molecule has 98 valence electrons. The highest BCUT2D eigenvalue weighted by molar-refractivity contribution is 8.01. The van der Waals surface area contributed by atoms with Gasteiger partial charge in [-0.1, -0.05) is 25.1 Å². The molecule has 0 saturated carbocycles. The summed E-state index contributed by atoms with van der Waals surface area (Å²) in [6.45, 7) is 3.96. The third kappa shape index (κ3) is 2.87. The van der Waals surface area contributed by atoms with E-state index in [9.17, 15) is 4.79 Å². The lowest BCUT2D eigenvalue weighted by Gasteiger charge is -2.21. The van der Waals surface area contributed by atoms with Gasteiger partial charge in [-0.05, 0) is 30.9 Å². The number of fused-ring (bicyclic) bond motifs is 1. The van der Waals surface area contributed by atoms with E-state index in [1.807, 2.05) is 26.0 Å². The van der Waals surface area contributed by atoms with E-state index in [0.717, 1.165) is 6.42 Å². The van der Waals surface area contributed by atoms with Crippen molar-refractivity contribution in [3.05, 3.63) is 29.8 Å². The van der Waals surface area contributed by atoms with Gasteiger partial charge in [0.25, 0.3) is 0 Å². The molecule has 4 heteroatoms. The summed E-state index contributed by atoms with van der Waals surface area (Å²) in [5.41, 5.74) is 1.26. The summed E-state index contributed by atoms with van der Waals surface area (Å²) in [6.07, 6.45) is 0.799. The van der Waals surface area contributed by atoms with E-state index in [4.69, 9.17) is 5.11 Å². The molecule has 3 nitrogen and oxygen atoms in total. The Morgan fingerprint density at radius 3 is 2.89 bits per heavy atom. The minimum absolute atomic E-state index is 0.00631. The molecule has 0 aromatic heterocycles. The molecule has 3 unspecified atom stereocenters. The SMILES string of the molecule is CC(CO)C(C)NC(=O)C1Cc2ccccc2S1. The molecular weight excluding hydrogens is 246 g/mol. The molecule has 3 atom stereocenters. The van der Waals surface area contributed by atoms with Crippen LogP contribution in [-0.2, 0) is 11.2 Å². The smallest absolute Gasteiger partial charge is 0.234 e. The third-order valence-electron chi connectivity index (χ3n) is 3.45. The molecule has 1 amide bonds. The molecule has 0 radical (unpaired) electrons. The zero-order chi connectivity index (χ0) is 13.1. The van der Waals surface area contributed by atoms with Crippen LogP contribution in [0.3, 0.4) is 0 Å². The van der Waals surface area contributed by atoms with E-state index < -0.39 is 0 Å². The molecule has 1 aromatic rings. The maximum atomic E-state index is 12.1. The van der Waals surface area contributed by atoms with Gasteiger partial charge >= 0.3 is 0 Å². The van der Waals surface area contributed by atoms with Crippen LogP contribution < -0.4 is 5.32 Å². The monoisotopic (exact) mass is 265 g/mol. The summed E-state index contributed by atoms with van der Waals surface area (Å²) in [4.78, 5) is 13.3. The predicted octanol–water partition coefficient (Wildman–Crippen LogP) is 1.84. The average Bonchev–Trinajstić information content (AvgIpc) is 2.81. The number of aliphatic hydroxyl groups is 1. The first-order valence-electron chi connectivity index (χ1n) is 6.27. The van der Waals surface area contributed by atoms with Crippen molar-refractivity contribution in [2.75, 3.05) is 6.61 Å². The highest BCUT2D eigenvalue weighted by atomic mass is 32.2. The van der Waals surface area contributed by atoms with Crippen LogP contribution in [-0.4, -0.2) is 28.9 Å². The number of thioether (sulfide) groups is 1. The summed E-state index contributed by atoms with van der Waals surface area (Å²) in [5, 5.41) is 12.0. The first kappa shape index (κ1) is 13.4. The first-order valence-corrected chi connectivity index (χ1v) is 7.15. The zero-order valence-corrected chi connectivity index (χ0v) is 11.5. The van der Waals surface area contributed by atoms with Crippen LogP contribution in [0.2, 0.25) is 0 Å². The Kier molecular flexibility index (Phi) is 4.30. The molecule has 0 aliphatic carbocycles. The van der Waals surface area contributed by atoms with Gasteiger partial charge in [-0.3, -0.25) is 4.79 Å². The largest absolute Gasteiger partial charge is 0.396 e. The Bertz CT molecular complexity index is 411. The third-order valence-corrected chi connectivity index (χ3v) is 4.77. The number of nitrogens with one attached hydrogen (secondary N) is 1. The fourth-order valence-corrected chi connectivity index (χ4v) is 3.15. The van der Waals surface area contributed by atoms with Gasteiger partial charge in [0.2, 0.25) is 5.91 Å². The second-order valence-corrected chi connectivity index (χ2v) is 6.12. The fourth-order valence-electron chi connectivity index (χ4n) is 1.95. The van der Waals surface area contributed by atoms with Crippen molar-refractivity contribution in [3.63, 3.8) is 0 Å². The second-order valence-electron chi connectivity index (χ2n) is 4.88. The quantitative estimate of drug-likeness (QED) is 0.873. The summed E-state index contributed by atoms with van der Waals surface area (Å²) in [5.74, 6) is 0.159. The predicted molar refractivity (Wildman–Crippen MR) is 73.6 cm³/mol. The standard InChI is InChI=1S/C14H19NO2S/c1-9(8-16)10(2)15-14(17)13-7-11-5-3-4-6-12(11)18-13/h3-6,9-10,13,16H,7-8H2,1-2H3,(H,15,17). The molecule has 2 N–H and O–H groups in total. The van der Waals surface area contributed by atoms with Crippen molar-refractivity contribution in [2.45, 2.75) is 36.5 Å². The Morgan fingerprint density at radius 1 is 1.50 bits per heavy atom. The normalized spacial score (nSPS) is 21.2. The number of carbonyl (C=O) groups excluding carboxylic acids is 1. The number of rotatable bonds is 4. The van der Waals surface area contributed by atoms with E-state index >= 15 is 0 Å². The van der Waals surface area contributed by atoms with Gasteiger partial charge in [0.05, 0.1) is 5.25 Å². The average molecular weight is 265 g/mol. The van der Waals surface area contributed by atoms with Crippen LogP contribution in [0.25, 0.3) is 0 Å². The second kappa shape index (κ2) is 5.76. The van der Waals surface area contributed by atoms with E-state index in [2.05, 4.69) is 17.4 Å². The van der Waals surface area contributed by atoms with Gasteiger partial charge in [-0.15, -0.1) is 11.8 Å². The van der Waals surface area contributed by atoms with Gasteiger partial charge in [0, 0.05) is 17.5 Å². The lowest BCUT2D eigenvalue weighted by Crippen LogP contribution is -2.42. The molecule has 1 aromatic carbocycles. The summed E-state index contributed by atoms with van der Waals surface area (Å²) in [7, 11) is 0. The molecule has 0 bridgehead atoms. The van der Waals surface area contributed by atoms with Crippen LogP contribution >= 0.6 is 11.8 Å². The van der Waals surface area contributed by atoms with Gasteiger partial charge in [0.15, 0.2) is 0 Å². The number of carbonyl (C=O) groups is 1.